The summed E-state index contributed by atoms with van der Waals surface area (Å²) < 4.78 is 10.7. The predicted octanol–water partition coefficient (Wildman–Crippen LogP) is 2.80. The molecular weight excluding hydrogens is 268 g/mol. The van der Waals surface area contributed by atoms with E-state index in [2.05, 4.69) is 0 Å². The third-order valence-electron chi connectivity index (χ3n) is 3.72. The van der Waals surface area contributed by atoms with Crippen LogP contribution in [-0.4, -0.2) is 18.8 Å². The van der Waals surface area contributed by atoms with Crippen LogP contribution in [0.1, 0.15) is 11.1 Å². The van der Waals surface area contributed by atoms with Crippen molar-refractivity contribution in [1.29, 1.82) is 0 Å². The molecule has 0 saturated carbocycles. The summed E-state index contributed by atoms with van der Waals surface area (Å²) in [4.78, 5) is 12.3. The van der Waals surface area contributed by atoms with E-state index in [-0.39, 0.29) is 12.2 Å². The molecule has 1 heterocycles. The Hall–Kier alpha value is -2.33. The summed E-state index contributed by atoms with van der Waals surface area (Å²) in [5, 5.41) is 11.5. The van der Waals surface area contributed by atoms with Gasteiger partial charge < -0.3 is 14.3 Å². The summed E-state index contributed by atoms with van der Waals surface area (Å²) >= 11 is 0. The minimum absolute atomic E-state index is 0.00180. The van der Waals surface area contributed by atoms with Crippen LogP contribution in [0.3, 0.4) is 0 Å². The quantitative estimate of drug-likeness (QED) is 0.593. The lowest BCUT2D eigenvalue weighted by Gasteiger charge is -2.10. The van der Waals surface area contributed by atoms with Gasteiger partial charge in [0.15, 0.2) is 0 Å². The van der Waals surface area contributed by atoms with E-state index in [1.165, 1.54) is 0 Å². The molecule has 4 heteroatoms. The largest absolute Gasteiger partial charge is 0.497 e. The maximum Gasteiger partial charge on any atom is 0.344 e. The van der Waals surface area contributed by atoms with E-state index < -0.39 is 0 Å². The zero-order chi connectivity index (χ0) is 15.0. The van der Waals surface area contributed by atoms with Gasteiger partial charge in [0.25, 0.3) is 0 Å². The Kier molecular flexibility index (Phi) is 3.39. The van der Waals surface area contributed by atoms with Crippen LogP contribution in [0.2, 0.25) is 0 Å². The van der Waals surface area contributed by atoms with Gasteiger partial charge in [-0.3, -0.25) is 0 Å². The van der Waals surface area contributed by atoms with Gasteiger partial charge in [-0.15, -0.1) is 0 Å². The number of rotatable bonds is 3. The molecule has 0 aliphatic carbocycles. The van der Waals surface area contributed by atoms with Crippen molar-refractivity contribution < 1.29 is 14.3 Å². The van der Waals surface area contributed by atoms with Crippen LogP contribution in [0.4, 0.5) is 0 Å². The van der Waals surface area contributed by atoms with Crippen LogP contribution in [0.25, 0.3) is 21.7 Å². The molecule has 0 bridgehead atoms. The topological polar surface area (TPSA) is 59.7 Å². The molecule has 0 unspecified atom stereocenters. The van der Waals surface area contributed by atoms with Crippen molar-refractivity contribution in [2.24, 2.45) is 0 Å². The second kappa shape index (κ2) is 5.22. The Morgan fingerprint density at radius 2 is 2.05 bits per heavy atom. The highest BCUT2D eigenvalue weighted by Crippen LogP contribution is 2.31. The van der Waals surface area contributed by atoms with Gasteiger partial charge in [0.1, 0.15) is 11.3 Å². The monoisotopic (exact) mass is 284 g/mol. The Bertz CT molecular complexity index is 877. The second-order valence-electron chi connectivity index (χ2n) is 5.02. The zero-order valence-corrected chi connectivity index (χ0v) is 12.0. The molecule has 3 aromatic rings. The predicted molar refractivity (Wildman–Crippen MR) is 82.1 cm³/mol. The Morgan fingerprint density at radius 3 is 2.76 bits per heavy atom. The molecule has 1 aromatic heterocycles. The average Bonchev–Trinajstić information content (AvgIpc) is 2.46. The first-order valence-electron chi connectivity index (χ1n) is 6.79. The van der Waals surface area contributed by atoms with Crippen molar-refractivity contribution in [1.82, 2.24) is 0 Å². The second-order valence-corrected chi connectivity index (χ2v) is 5.02. The molecule has 0 amide bonds. The van der Waals surface area contributed by atoms with Crippen LogP contribution >= 0.6 is 0 Å². The van der Waals surface area contributed by atoms with Gasteiger partial charge in [0.2, 0.25) is 0 Å². The highest BCUT2D eigenvalue weighted by atomic mass is 16.5. The van der Waals surface area contributed by atoms with E-state index in [9.17, 15) is 4.79 Å². The van der Waals surface area contributed by atoms with E-state index in [1.54, 1.807) is 13.2 Å². The number of ether oxygens (including phenoxy) is 1. The van der Waals surface area contributed by atoms with Crippen LogP contribution in [0, 0.1) is 6.92 Å². The normalized spacial score (nSPS) is 11.2. The van der Waals surface area contributed by atoms with Crippen molar-refractivity contribution in [2.45, 2.75) is 13.3 Å². The maximum absolute atomic E-state index is 12.3. The van der Waals surface area contributed by atoms with Crippen LogP contribution in [-0.2, 0) is 6.42 Å². The summed E-state index contributed by atoms with van der Waals surface area (Å²) in [6.07, 6.45) is 0.433. The molecule has 0 spiro atoms. The standard InChI is InChI=1S/C17H16O4/c1-10-8-12(20-2)9-14-15(10)13-5-3-4-11(6-7-18)16(13)17(19)21-14/h3-5,8-9,18H,6-7H2,1-2H3. The summed E-state index contributed by atoms with van der Waals surface area (Å²) in [7, 11) is 1.58. The fourth-order valence-electron chi connectivity index (χ4n) is 2.80. The first kappa shape index (κ1) is 13.6. The van der Waals surface area contributed by atoms with E-state index in [0.29, 0.717) is 23.1 Å². The molecule has 1 N–H and O–H groups in total. The zero-order valence-electron chi connectivity index (χ0n) is 12.0. The first-order chi connectivity index (χ1) is 10.2. The van der Waals surface area contributed by atoms with E-state index in [4.69, 9.17) is 14.3 Å². The molecule has 0 aliphatic heterocycles. The molecule has 2 aromatic carbocycles. The number of aliphatic hydroxyl groups excluding tert-OH is 1. The van der Waals surface area contributed by atoms with E-state index >= 15 is 0 Å². The molecule has 21 heavy (non-hydrogen) atoms. The number of methoxy groups -OCH3 is 1. The van der Waals surface area contributed by atoms with Gasteiger partial charge in [0, 0.05) is 23.4 Å². The van der Waals surface area contributed by atoms with Crippen molar-refractivity contribution in [3.63, 3.8) is 0 Å². The smallest absolute Gasteiger partial charge is 0.344 e. The maximum atomic E-state index is 12.3. The van der Waals surface area contributed by atoms with E-state index in [1.807, 2.05) is 31.2 Å². The molecule has 108 valence electrons. The summed E-state index contributed by atoms with van der Waals surface area (Å²) in [5.41, 5.74) is 1.93. The SMILES string of the molecule is COc1cc(C)c2c(c1)oc(=O)c1c(CCO)cccc12. The molecular formula is C17H16O4. The lowest BCUT2D eigenvalue weighted by molar-refractivity contribution is 0.300. The van der Waals surface area contributed by atoms with Gasteiger partial charge >= 0.3 is 5.63 Å². The highest BCUT2D eigenvalue weighted by molar-refractivity contribution is 6.07. The fourth-order valence-corrected chi connectivity index (χ4v) is 2.80. The average molecular weight is 284 g/mol. The minimum Gasteiger partial charge on any atom is -0.497 e. The van der Waals surface area contributed by atoms with Gasteiger partial charge in [-0.1, -0.05) is 18.2 Å². The molecule has 0 saturated heterocycles. The Labute approximate surface area is 121 Å². The number of fused-ring (bicyclic) bond motifs is 3. The van der Waals surface area contributed by atoms with Gasteiger partial charge in [-0.25, -0.2) is 4.79 Å². The highest BCUT2D eigenvalue weighted by Gasteiger charge is 2.13. The molecule has 0 atom stereocenters. The number of aryl methyl sites for hydroxylation is 1. The Balaban J connectivity index is 2.49. The lowest BCUT2D eigenvalue weighted by atomic mass is 9.99. The van der Waals surface area contributed by atoms with E-state index in [0.717, 1.165) is 21.9 Å². The van der Waals surface area contributed by atoms with Crippen molar-refractivity contribution in [3.8, 4) is 5.75 Å². The van der Waals surface area contributed by atoms with Crippen LogP contribution in [0.5, 0.6) is 5.75 Å². The van der Waals surface area contributed by atoms with Crippen molar-refractivity contribution >= 4 is 21.7 Å². The van der Waals surface area contributed by atoms with Crippen LogP contribution in [0.15, 0.2) is 39.5 Å². The molecule has 3 rings (SSSR count). The summed E-state index contributed by atoms with van der Waals surface area (Å²) in [6, 6.07) is 9.30. The number of benzene rings is 2. The molecule has 0 radical (unpaired) electrons. The van der Waals surface area contributed by atoms with Gasteiger partial charge in [-0.2, -0.15) is 0 Å². The number of hydrogen-bond acceptors (Lipinski definition) is 4. The fraction of sp³-hybridized carbons (Fsp3) is 0.235. The van der Waals surface area contributed by atoms with Crippen molar-refractivity contribution in [2.75, 3.05) is 13.7 Å². The molecule has 4 nitrogen and oxygen atoms in total. The lowest BCUT2D eigenvalue weighted by Crippen LogP contribution is -2.05. The summed E-state index contributed by atoms with van der Waals surface area (Å²) in [6.45, 7) is 1.96. The van der Waals surface area contributed by atoms with Gasteiger partial charge in [-0.05, 0) is 30.5 Å². The molecule has 0 aliphatic rings. The molecule has 0 fully saturated rings. The van der Waals surface area contributed by atoms with Gasteiger partial charge in [0.05, 0.1) is 12.5 Å². The minimum atomic E-state index is -0.380. The first-order valence-corrected chi connectivity index (χ1v) is 6.79. The third-order valence-corrected chi connectivity index (χ3v) is 3.72. The number of hydrogen-bond donors (Lipinski definition) is 1. The summed E-state index contributed by atoms with van der Waals surface area (Å²) in [5.74, 6) is 0.661. The number of aliphatic hydroxyl groups is 1. The van der Waals surface area contributed by atoms with Crippen LogP contribution < -0.4 is 10.4 Å². The van der Waals surface area contributed by atoms with Crippen molar-refractivity contribution in [3.05, 3.63) is 51.9 Å². The Morgan fingerprint density at radius 1 is 1.24 bits per heavy atom. The third kappa shape index (κ3) is 2.17.